The highest BCUT2D eigenvalue weighted by molar-refractivity contribution is 8.00. The molecule has 1 heterocycles. The monoisotopic (exact) mass is 514 g/mol. The van der Waals surface area contributed by atoms with E-state index in [-0.39, 0.29) is 44.7 Å². The number of carboxylic acids is 1. The molecule has 1 aliphatic heterocycles. The van der Waals surface area contributed by atoms with Crippen LogP contribution < -0.4 is 5.32 Å². The first kappa shape index (κ1) is 23.0. The number of hydrogen-bond acceptors (Lipinski definition) is 5. The molecule has 1 aliphatic carbocycles. The van der Waals surface area contributed by atoms with Crippen LogP contribution in [0.2, 0.25) is 5.02 Å². The average Bonchev–Trinajstić information content (AvgIpc) is 3.15. The third-order valence-corrected chi connectivity index (χ3v) is 9.10. The molecular weight excluding hydrogens is 495 g/mol. The fourth-order valence-electron chi connectivity index (χ4n) is 5.15. The van der Waals surface area contributed by atoms with Gasteiger partial charge >= 0.3 is 5.97 Å². The second-order valence-electron chi connectivity index (χ2n) is 8.50. The Morgan fingerprint density at radius 3 is 2.56 bits per heavy atom. The van der Waals surface area contributed by atoms with Crippen molar-refractivity contribution in [3.05, 3.63) is 98.6 Å². The number of benzene rings is 3. The molecule has 174 valence electrons. The van der Waals surface area contributed by atoms with E-state index in [4.69, 9.17) is 23.2 Å². The maximum absolute atomic E-state index is 11.7. The van der Waals surface area contributed by atoms with Gasteiger partial charge in [0.05, 0.1) is 26.8 Å². The molecule has 0 spiro atoms. The predicted octanol–water partition coefficient (Wildman–Crippen LogP) is 6.99. The van der Waals surface area contributed by atoms with Crippen molar-refractivity contribution >= 4 is 52.3 Å². The predicted molar refractivity (Wildman–Crippen MR) is 134 cm³/mol. The summed E-state index contributed by atoms with van der Waals surface area (Å²) in [7, 11) is 0. The van der Waals surface area contributed by atoms with Gasteiger partial charge in [-0.2, -0.15) is 0 Å². The highest BCUT2D eigenvalue weighted by Crippen LogP contribution is 2.58. The first-order chi connectivity index (χ1) is 16.3. The van der Waals surface area contributed by atoms with Crippen LogP contribution in [0, 0.1) is 16.0 Å². The topological polar surface area (TPSA) is 92.5 Å². The van der Waals surface area contributed by atoms with Crippen LogP contribution in [-0.4, -0.2) is 26.6 Å². The number of anilines is 1. The van der Waals surface area contributed by atoms with Crippen LogP contribution >= 0.6 is 35.0 Å². The summed E-state index contributed by atoms with van der Waals surface area (Å²) in [6, 6.07) is 19.3. The maximum atomic E-state index is 11.7. The van der Waals surface area contributed by atoms with Gasteiger partial charge in [0, 0.05) is 27.9 Å². The van der Waals surface area contributed by atoms with E-state index in [9.17, 15) is 20.0 Å². The Morgan fingerprint density at radius 2 is 1.82 bits per heavy atom. The van der Waals surface area contributed by atoms with Gasteiger partial charge in [-0.15, -0.1) is 23.4 Å². The van der Waals surface area contributed by atoms with E-state index in [0.717, 1.165) is 16.8 Å². The van der Waals surface area contributed by atoms with Crippen LogP contribution in [0.3, 0.4) is 0 Å². The zero-order valence-corrected chi connectivity index (χ0v) is 20.1. The maximum Gasteiger partial charge on any atom is 0.335 e. The minimum Gasteiger partial charge on any atom is -0.478 e. The molecule has 3 aromatic rings. The number of halogens is 2. The molecule has 0 amide bonds. The van der Waals surface area contributed by atoms with E-state index in [0.29, 0.717) is 16.3 Å². The van der Waals surface area contributed by atoms with Gasteiger partial charge in [0.2, 0.25) is 0 Å². The lowest BCUT2D eigenvalue weighted by molar-refractivity contribution is -0.387. The first-order valence-electron chi connectivity index (χ1n) is 10.8. The van der Waals surface area contributed by atoms with E-state index in [1.165, 1.54) is 17.8 Å². The van der Waals surface area contributed by atoms with Crippen molar-refractivity contribution in [2.75, 3.05) is 5.32 Å². The third-order valence-electron chi connectivity index (χ3n) is 6.64. The number of carbonyl (C=O) groups is 1. The van der Waals surface area contributed by atoms with Crippen molar-refractivity contribution in [2.24, 2.45) is 5.92 Å². The Morgan fingerprint density at radius 1 is 1.09 bits per heavy atom. The molecule has 2 N–H and O–H groups in total. The highest BCUT2D eigenvalue weighted by atomic mass is 35.5. The van der Waals surface area contributed by atoms with Gasteiger partial charge in [-0.1, -0.05) is 41.9 Å². The standard InChI is InChI=1S/C25H20Cl2N2O4S/c26-17-6-2-1-5-14(17)24-16-12-21(34-20-8-4-3-7-19(20)29(32)33)23(27)22(16)15-11-13(25(30)31)9-10-18(15)28-24/h1-11,16,21-24,28H,12H2,(H,30,31)/t16-,21-,22+,23+,24+/m0/s1. The number of nitrogens with zero attached hydrogens (tertiary/aromatic N) is 1. The number of alkyl halides is 1. The van der Waals surface area contributed by atoms with Crippen LogP contribution in [0.25, 0.3) is 0 Å². The molecule has 2 aliphatic rings. The molecule has 6 nitrogen and oxygen atoms in total. The smallest absolute Gasteiger partial charge is 0.335 e. The minimum atomic E-state index is -0.998. The number of nitro benzene ring substituents is 1. The van der Waals surface area contributed by atoms with E-state index < -0.39 is 5.97 Å². The fraction of sp³-hybridized carbons (Fsp3) is 0.240. The molecule has 1 saturated carbocycles. The summed E-state index contributed by atoms with van der Waals surface area (Å²) in [6.07, 6.45) is 0.690. The van der Waals surface area contributed by atoms with Crippen LogP contribution in [0.4, 0.5) is 11.4 Å². The van der Waals surface area contributed by atoms with Crippen LogP contribution in [0.5, 0.6) is 0 Å². The molecule has 5 rings (SSSR count). The van der Waals surface area contributed by atoms with E-state index in [1.54, 1.807) is 36.4 Å². The summed E-state index contributed by atoms with van der Waals surface area (Å²) in [5.41, 5.74) is 2.90. The SMILES string of the molecule is O=C(O)c1ccc2c(c1)[C@H]1[C@H](Cl)[C@@H](Sc3ccccc3[N+](=O)[O-])C[C@@H]1[C@@H](c1ccccc1Cl)N2. The van der Waals surface area contributed by atoms with Gasteiger partial charge in [-0.25, -0.2) is 4.79 Å². The quantitative estimate of drug-likeness (QED) is 0.216. The van der Waals surface area contributed by atoms with E-state index in [1.807, 2.05) is 24.3 Å². The van der Waals surface area contributed by atoms with Gasteiger partial charge in [-0.3, -0.25) is 10.1 Å². The Bertz CT molecular complexity index is 1290. The van der Waals surface area contributed by atoms with Crippen molar-refractivity contribution < 1.29 is 14.8 Å². The number of carboxylic acid groups (broad SMARTS) is 1. The lowest BCUT2D eigenvalue weighted by Crippen LogP contribution is -2.31. The number of hydrogen-bond donors (Lipinski definition) is 2. The van der Waals surface area contributed by atoms with Crippen molar-refractivity contribution in [1.29, 1.82) is 0 Å². The molecule has 0 unspecified atom stereocenters. The van der Waals surface area contributed by atoms with Gasteiger partial charge in [0.25, 0.3) is 5.69 Å². The van der Waals surface area contributed by atoms with Crippen LogP contribution in [-0.2, 0) is 0 Å². The molecule has 1 fully saturated rings. The summed E-state index contributed by atoms with van der Waals surface area (Å²) in [5.74, 6) is -1.11. The molecule has 9 heteroatoms. The largest absolute Gasteiger partial charge is 0.478 e. The zero-order chi connectivity index (χ0) is 24.0. The van der Waals surface area contributed by atoms with Crippen LogP contribution in [0.1, 0.15) is 39.9 Å². The van der Waals surface area contributed by atoms with E-state index >= 15 is 0 Å². The Balaban J connectivity index is 1.57. The Labute approximate surface area is 210 Å². The number of fused-ring (bicyclic) bond motifs is 3. The van der Waals surface area contributed by atoms with Gasteiger partial charge in [-0.05, 0) is 53.8 Å². The molecule has 5 atom stereocenters. The molecule has 0 aromatic heterocycles. The second-order valence-corrected chi connectivity index (χ2v) is 10.7. The normalized spacial score (nSPS) is 25.2. The lowest BCUT2D eigenvalue weighted by Gasteiger charge is -2.38. The fourth-order valence-corrected chi connectivity index (χ4v) is 7.35. The molecule has 0 radical (unpaired) electrons. The molecular formula is C25H20Cl2N2O4S. The number of rotatable bonds is 5. The average molecular weight is 515 g/mol. The number of aromatic carboxylic acids is 1. The summed E-state index contributed by atoms with van der Waals surface area (Å²) in [6.45, 7) is 0. The lowest BCUT2D eigenvalue weighted by atomic mass is 9.77. The van der Waals surface area contributed by atoms with Gasteiger partial charge < -0.3 is 10.4 Å². The van der Waals surface area contributed by atoms with Crippen molar-refractivity contribution in [3.8, 4) is 0 Å². The Kier molecular flexibility index (Phi) is 6.18. The summed E-state index contributed by atoms with van der Waals surface area (Å²) in [4.78, 5) is 23.4. The first-order valence-corrected chi connectivity index (χ1v) is 12.5. The summed E-state index contributed by atoms with van der Waals surface area (Å²) >= 11 is 15.1. The Hall–Kier alpha value is -2.74. The van der Waals surface area contributed by atoms with Gasteiger partial charge in [0.15, 0.2) is 0 Å². The summed E-state index contributed by atoms with van der Waals surface area (Å²) < 4.78 is 0. The summed E-state index contributed by atoms with van der Waals surface area (Å²) in [5, 5.41) is 24.8. The number of para-hydroxylation sites is 1. The van der Waals surface area contributed by atoms with Crippen molar-refractivity contribution in [2.45, 2.75) is 33.9 Å². The third kappa shape index (κ3) is 4.02. The van der Waals surface area contributed by atoms with Crippen LogP contribution in [0.15, 0.2) is 71.6 Å². The second kappa shape index (κ2) is 9.13. The number of nitrogens with one attached hydrogen (secondary N) is 1. The van der Waals surface area contributed by atoms with Crippen molar-refractivity contribution in [1.82, 2.24) is 0 Å². The van der Waals surface area contributed by atoms with Gasteiger partial charge in [0.1, 0.15) is 0 Å². The highest BCUT2D eigenvalue weighted by Gasteiger charge is 2.50. The minimum absolute atomic E-state index is 0.0270. The van der Waals surface area contributed by atoms with E-state index in [2.05, 4.69) is 5.32 Å². The molecule has 0 bridgehead atoms. The molecule has 34 heavy (non-hydrogen) atoms. The number of thioether (sulfide) groups is 1. The zero-order valence-electron chi connectivity index (χ0n) is 17.7. The molecule has 0 saturated heterocycles. The number of nitro groups is 1. The van der Waals surface area contributed by atoms with Crippen molar-refractivity contribution in [3.63, 3.8) is 0 Å². The molecule has 3 aromatic carbocycles.